The minimum Gasteiger partial charge on any atom is -0.477 e. The average molecular weight is 224 g/mol. The normalized spacial score (nSPS) is 10.6. The van der Waals surface area contributed by atoms with E-state index >= 15 is 0 Å². The molecule has 1 N–H and O–H groups in total. The number of anilines is 1. The largest absolute Gasteiger partial charge is 0.477 e. The van der Waals surface area contributed by atoms with E-state index in [9.17, 15) is 0 Å². The molecule has 5 heteroatoms. The molecule has 0 aromatic carbocycles. The Morgan fingerprint density at radius 2 is 2.12 bits per heavy atom. The number of hydrogen-bond donors (Lipinski definition) is 1. The topological polar surface area (TPSA) is 50.3 Å². The Hall–Kier alpha value is -1.36. The van der Waals surface area contributed by atoms with E-state index in [0.717, 1.165) is 24.3 Å². The van der Waals surface area contributed by atoms with E-state index in [4.69, 9.17) is 4.74 Å². The zero-order valence-electron chi connectivity index (χ0n) is 10.4. The van der Waals surface area contributed by atoms with Crippen LogP contribution in [0.3, 0.4) is 0 Å². The van der Waals surface area contributed by atoms with Crippen LogP contribution in [0, 0.1) is 6.92 Å². The molecule has 0 atom stereocenters. The van der Waals surface area contributed by atoms with Gasteiger partial charge in [-0.25, -0.2) is 9.97 Å². The minimum atomic E-state index is 0.665. The molecule has 90 valence electrons. The third-order valence-electron chi connectivity index (χ3n) is 2.26. The number of aromatic nitrogens is 2. The van der Waals surface area contributed by atoms with Crippen LogP contribution in [-0.2, 0) is 0 Å². The summed E-state index contributed by atoms with van der Waals surface area (Å²) in [5.41, 5.74) is 0.954. The second-order valence-corrected chi connectivity index (χ2v) is 3.91. The van der Waals surface area contributed by atoms with Crippen molar-refractivity contribution in [3.05, 3.63) is 11.9 Å². The molecule has 0 fully saturated rings. The van der Waals surface area contributed by atoms with Crippen LogP contribution < -0.4 is 10.1 Å². The van der Waals surface area contributed by atoms with Crippen molar-refractivity contribution in [1.29, 1.82) is 0 Å². The molecule has 0 radical (unpaired) electrons. The van der Waals surface area contributed by atoms with Gasteiger partial charge in [0.15, 0.2) is 0 Å². The fourth-order valence-electron chi connectivity index (χ4n) is 1.38. The van der Waals surface area contributed by atoms with Gasteiger partial charge in [-0.05, 0) is 27.4 Å². The minimum absolute atomic E-state index is 0.665. The molecule has 0 aliphatic rings. The lowest BCUT2D eigenvalue weighted by atomic mass is 10.3. The molecule has 0 unspecified atom stereocenters. The van der Waals surface area contributed by atoms with Gasteiger partial charge in [0, 0.05) is 13.6 Å². The Bertz CT molecular complexity index is 328. The highest BCUT2D eigenvalue weighted by atomic mass is 16.5. The van der Waals surface area contributed by atoms with E-state index in [-0.39, 0.29) is 0 Å². The van der Waals surface area contributed by atoms with Crippen LogP contribution in [0.4, 0.5) is 5.82 Å². The number of nitrogens with one attached hydrogen (secondary N) is 1. The number of ether oxygens (including phenoxy) is 1. The van der Waals surface area contributed by atoms with Crippen molar-refractivity contribution < 1.29 is 4.74 Å². The summed E-state index contributed by atoms with van der Waals surface area (Å²) >= 11 is 0. The van der Waals surface area contributed by atoms with Gasteiger partial charge in [-0.2, -0.15) is 0 Å². The molecule has 0 amide bonds. The van der Waals surface area contributed by atoms with Gasteiger partial charge in [0.25, 0.3) is 0 Å². The number of hydrogen-bond acceptors (Lipinski definition) is 5. The molecule has 1 rings (SSSR count). The Morgan fingerprint density at radius 3 is 2.75 bits per heavy atom. The van der Waals surface area contributed by atoms with E-state index < -0.39 is 0 Å². The SMILES string of the molecule is CNc1ncnc(OCCCN(C)C)c1C. The van der Waals surface area contributed by atoms with Crippen LogP contribution in [-0.4, -0.2) is 49.2 Å². The summed E-state index contributed by atoms with van der Waals surface area (Å²) in [5, 5.41) is 3.00. The molecule has 1 aromatic heterocycles. The first-order chi connectivity index (χ1) is 7.65. The maximum absolute atomic E-state index is 5.61. The van der Waals surface area contributed by atoms with Gasteiger partial charge in [-0.15, -0.1) is 0 Å². The third-order valence-corrected chi connectivity index (χ3v) is 2.26. The molecule has 16 heavy (non-hydrogen) atoms. The Balaban J connectivity index is 2.47. The smallest absolute Gasteiger partial charge is 0.221 e. The van der Waals surface area contributed by atoms with Crippen molar-refractivity contribution in [2.75, 3.05) is 39.6 Å². The van der Waals surface area contributed by atoms with Gasteiger partial charge in [0.05, 0.1) is 12.2 Å². The van der Waals surface area contributed by atoms with Crippen LogP contribution >= 0.6 is 0 Å². The summed E-state index contributed by atoms with van der Waals surface area (Å²) in [6.07, 6.45) is 2.51. The van der Waals surface area contributed by atoms with Crippen molar-refractivity contribution in [3.8, 4) is 5.88 Å². The van der Waals surface area contributed by atoms with E-state index in [2.05, 4.69) is 34.3 Å². The molecule has 0 bridgehead atoms. The summed E-state index contributed by atoms with van der Waals surface area (Å²) in [5.74, 6) is 1.48. The number of rotatable bonds is 6. The second-order valence-electron chi connectivity index (χ2n) is 3.91. The lowest BCUT2D eigenvalue weighted by Gasteiger charge is -2.12. The molecular formula is C11H20N4O. The first kappa shape index (κ1) is 12.7. The highest BCUT2D eigenvalue weighted by molar-refractivity contribution is 5.46. The molecule has 0 saturated carbocycles. The maximum atomic E-state index is 5.61. The van der Waals surface area contributed by atoms with Gasteiger partial charge < -0.3 is 15.0 Å². The predicted molar refractivity (Wildman–Crippen MR) is 65.0 cm³/mol. The Kier molecular flexibility index (Phi) is 4.98. The number of nitrogens with zero attached hydrogens (tertiary/aromatic N) is 3. The zero-order chi connectivity index (χ0) is 12.0. The summed E-state index contributed by atoms with van der Waals surface area (Å²) in [6, 6.07) is 0. The van der Waals surface area contributed by atoms with Crippen LogP contribution in [0.1, 0.15) is 12.0 Å². The molecule has 1 heterocycles. The van der Waals surface area contributed by atoms with Gasteiger partial charge in [-0.3, -0.25) is 0 Å². The average Bonchev–Trinajstić information content (AvgIpc) is 2.26. The molecule has 0 aliphatic carbocycles. The highest BCUT2D eigenvalue weighted by Gasteiger charge is 2.06. The van der Waals surface area contributed by atoms with Crippen LogP contribution in [0.5, 0.6) is 5.88 Å². The van der Waals surface area contributed by atoms with Gasteiger partial charge in [0.1, 0.15) is 12.1 Å². The maximum Gasteiger partial charge on any atom is 0.221 e. The third kappa shape index (κ3) is 3.66. The molecule has 0 aliphatic heterocycles. The van der Waals surface area contributed by atoms with E-state index in [0.29, 0.717) is 12.5 Å². The van der Waals surface area contributed by atoms with Crippen molar-refractivity contribution in [2.45, 2.75) is 13.3 Å². The van der Waals surface area contributed by atoms with Crippen LogP contribution in [0.15, 0.2) is 6.33 Å². The Labute approximate surface area is 96.8 Å². The monoisotopic (exact) mass is 224 g/mol. The first-order valence-electron chi connectivity index (χ1n) is 5.42. The van der Waals surface area contributed by atoms with Crippen molar-refractivity contribution in [1.82, 2.24) is 14.9 Å². The van der Waals surface area contributed by atoms with E-state index in [1.54, 1.807) is 0 Å². The predicted octanol–water partition coefficient (Wildman–Crippen LogP) is 1.16. The lowest BCUT2D eigenvalue weighted by molar-refractivity contribution is 0.271. The second kappa shape index (κ2) is 6.27. The quantitative estimate of drug-likeness (QED) is 0.735. The summed E-state index contributed by atoms with van der Waals surface area (Å²) < 4.78 is 5.61. The zero-order valence-corrected chi connectivity index (χ0v) is 10.4. The fraction of sp³-hybridized carbons (Fsp3) is 0.636. The van der Waals surface area contributed by atoms with Gasteiger partial charge >= 0.3 is 0 Å². The van der Waals surface area contributed by atoms with Gasteiger partial charge in [0.2, 0.25) is 5.88 Å². The van der Waals surface area contributed by atoms with E-state index in [1.165, 1.54) is 6.33 Å². The van der Waals surface area contributed by atoms with Crippen LogP contribution in [0.25, 0.3) is 0 Å². The summed E-state index contributed by atoms with van der Waals surface area (Å²) in [7, 11) is 5.94. The highest BCUT2D eigenvalue weighted by Crippen LogP contribution is 2.19. The Morgan fingerprint density at radius 1 is 1.38 bits per heavy atom. The van der Waals surface area contributed by atoms with Crippen molar-refractivity contribution in [2.24, 2.45) is 0 Å². The van der Waals surface area contributed by atoms with E-state index in [1.807, 2.05) is 14.0 Å². The van der Waals surface area contributed by atoms with Crippen molar-refractivity contribution in [3.63, 3.8) is 0 Å². The molecule has 5 nitrogen and oxygen atoms in total. The molecular weight excluding hydrogens is 204 g/mol. The van der Waals surface area contributed by atoms with Crippen molar-refractivity contribution >= 4 is 5.82 Å². The molecule has 0 spiro atoms. The standard InChI is InChI=1S/C11H20N4O/c1-9-10(12-2)13-8-14-11(9)16-7-5-6-15(3)4/h8H,5-7H2,1-4H3,(H,12,13,14). The van der Waals surface area contributed by atoms with Crippen LogP contribution in [0.2, 0.25) is 0 Å². The fourth-order valence-corrected chi connectivity index (χ4v) is 1.38. The summed E-state index contributed by atoms with van der Waals surface area (Å²) in [6.45, 7) is 3.65. The molecule has 0 saturated heterocycles. The molecule has 1 aromatic rings. The lowest BCUT2D eigenvalue weighted by Crippen LogP contribution is -2.16. The van der Waals surface area contributed by atoms with Gasteiger partial charge in [-0.1, -0.05) is 0 Å². The summed E-state index contributed by atoms with van der Waals surface area (Å²) in [4.78, 5) is 10.4. The first-order valence-corrected chi connectivity index (χ1v) is 5.42.